The van der Waals surface area contributed by atoms with Gasteiger partial charge < -0.3 is 10.2 Å². The van der Waals surface area contributed by atoms with E-state index in [2.05, 4.69) is 20.1 Å². The summed E-state index contributed by atoms with van der Waals surface area (Å²) in [5, 5.41) is 6.68. The number of nitrogens with zero attached hydrogens (tertiary/aromatic N) is 3. The zero-order valence-electron chi connectivity index (χ0n) is 13.2. The summed E-state index contributed by atoms with van der Waals surface area (Å²) >= 11 is 13.8. The van der Waals surface area contributed by atoms with Crippen molar-refractivity contribution >= 4 is 51.3 Å². The van der Waals surface area contributed by atoms with E-state index in [1.807, 2.05) is 18.5 Å². The van der Waals surface area contributed by atoms with Crippen LogP contribution in [0.3, 0.4) is 0 Å². The number of hydrogen-bond acceptors (Lipinski definition) is 5. The van der Waals surface area contributed by atoms with Gasteiger partial charge in [0.25, 0.3) is 0 Å². The molecule has 5 nitrogen and oxygen atoms in total. The zero-order chi connectivity index (χ0) is 17.1. The van der Waals surface area contributed by atoms with Crippen LogP contribution in [-0.4, -0.2) is 48.0 Å². The van der Waals surface area contributed by atoms with E-state index in [-0.39, 0.29) is 11.9 Å². The molecule has 1 saturated heterocycles. The Kier molecular flexibility index (Phi) is 5.61. The van der Waals surface area contributed by atoms with E-state index in [1.165, 1.54) is 0 Å². The molecule has 0 spiro atoms. The molecule has 0 unspecified atom stereocenters. The third kappa shape index (κ3) is 3.83. The predicted molar refractivity (Wildman–Crippen MR) is 100 cm³/mol. The van der Waals surface area contributed by atoms with Gasteiger partial charge in [0.1, 0.15) is 0 Å². The molecule has 128 valence electrons. The van der Waals surface area contributed by atoms with Gasteiger partial charge in [-0.2, -0.15) is 0 Å². The molecule has 1 amide bonds. The van der Waals surface area contributed by atoms with E-state index in [0.717, 1.165) is 31.3 Å². The molecular weight excluding hydrogens is 367 g/mol. The largest absolute Gasteiger partial charge is 0.346 e. The average Bonchev–Trinajstić information content (AvgIpc) is 3.13. The lowest BCUT2D eigenvalue weighted by Gasteiger charge is -2.37. The highest BCUT2D eigenvalue weighted by molar-refractivity contribution is 7.13. The predicted octanol–water partition coefficient (Wildman–Crippen LogP) is 3.60. The normalized spacial score (nSPS) is 16.9. The lowest BCUT2D eigenvalue weighted by Crippen LogP contribution is -2.52. The van der Waals surface area contributed by atoms with Crippen molar-refractivity contribution < 1.29 is 4.79 Å². The fraction of sp³-hybridized carbons (Fsp3) is 0.375. The molecule has 0 bridgehead atoms. The van der Waals surface area contributed by atoms with Crippen molar-refractivity contribution in [1.82, 2.24) is 9.88 Å². The molecule has 1 atom stereocenters. The monoisotopic (exact) mass is 384 g/mol. The van der Waals surface area contributed by atoms with Crippen molar-refractivity contribution in [3.8, 4) is 0 Å². The number of thiazole rings is 1. The van der Waals surface area contributed by atoms with Gasteiger partial charge in [-0.3, -0.25) is 9.69 Å². The van der Waals surface area contributed by atoms with Crippen LogP contribution >= 0.6 is 34.5 Å². The van der Waals surface area contributed by atoms with Crippen LogP contribution in [0.4, 0.5) is 10.8 Å². The fourth-order valence-electron chi connectivity index (χ4n) is 2.68. The van der Waals surface area contributed by atoms with Crippen molar-refractivity contribution in [1.29, 1.82) is 0 Å². The van der Waals surface area contributed by atoms with Gasteiger partial charge in [0.15, 0.2) is 5.13 Å². The number of amides is 1. The first-order valence-corrected chi connectivity index (χ1v) is 9.33. The van der Waals surface area contributed by atoms with Gasteiger partial charge in [-0.15, -0.1) is 11.3 Å². The van der Waals surface area contributed by atoms with Gasteiger partial charge >= 0.3 is 0 Å². The van der Waals surface area contributed by atoms with Crippen LogP contribution in [0.15, 0.2) is 29.8 Å². The molecule has 1 aromatic heterocycles. The maximum atomic E-state index is 12.5. The summed E-state index contributed by atoms with van der Waals surface area (Å²) in [6.45, 7) is 5.27. The molecule has 0 saturated carbocycles. The number of benzene rings is 1. The Bertz CT molecular complexity index is 702. The van der Waals surface area contributed by atoms with Crippen LogP contribution in [-0.2, 0) is 4.79 Å². The maximum absolute atomic E-state index is 12.5. The fourth-order valence-corrected chi connectivity index (χ4v) is 3.72. The summed E-state index contributed by atoms with van der Waals surface area (Å²) in [5.41, 5.74) is 0.544. The Labute approximate surface area is 155 Å². The van der Waals surface area contributed by atoms with Gasteiger partial charge in [-0.05, 0) is 19.1 Å². The Balaban J connectivity index is 1.57. The van der Waals surface area contributed by atoms with E-state index in [4.69, 9.17) is 23.2 Å². The Morgan fingerprint density at radius 3 is 2.71 bits per heavy atom. The smallest absolute Gasteiger partial charge is 0.241 e. The first-order chi connectivity index (χ1) is 11.6. The summed E-state index contributed by atoms with van der Waals surface area (Å²) in [4.78, 5) is 21.3. The van der Waals surface area contributed by atoms with Crippen molar-refractivity contribution in [2.24, 2.45) is 0 Å². The SMILES string of the molecule is C[C@@H](C(=O)Nc1cccc(Cl)c1Cl)N1CCN(c2nccs2)CC1. The quantitative estimate of drug-likeness (QED) is 0.874. The number of carbonyl (C=O) groups excluding carboxylic acids is 1. The lowest BCUT2D eigenvalue weighted by atomic mass is 10.2. The maximum Gasteiger partial charge on any atom is 0.241 e. The number of hydrogen-bond donors (Lipinski definition) is 1. The first-order valence-electron chi connectivity index (χ1n) is 7.69. The van der Waals surface area contributed by atoms with Crippen molar-refractivity contribution in [2.45, 2.75) is 13.0 Å². The van der Waals surface area contributed by atoms with Crippen LogP contribution in [0.2, 0.25) is 10.0 Å². The number of anilines is 2. The molecule has 8 heteroatoms. The summed E-state index contributed by atoms with van der Waals surface area (Å²) < 4.78 is 0. The molecule has 1 N–H and O–H groups in total. The highest BCUT2D eigenvalue weighted by atomic mass is 35.5. The molecular formula is C16H18Cl2N4OS. The van der Waals surface area contributed by atoms with Crippen LogP contribution < -0.4 is 10.2 Å². The van der Waals surface area contributed by atoms with E-state index < -0.39 is 0 Å². The van der Waals surface area contributed by atoms with Gasteiger partial charge in [-0.25, -0.2) is 4.98 Å². The molecule has 0 aliphatic carbocycles. The third-order valence-corrected chi connectivity index (χ3v) is 5.79. The molecule has 24 heavy (non-hydrogen) atoms. The summed E-state index contributed by atoms with van der Waals surface area (Å²) in [7, 11) is 0. The second-order valence-corrected chi connectivity index (χ2v) is 7.26. The molecule has 0 radical (unpaired) electrons. The lowest BCUT2D eigenvalue weighted by molar-refractivity contribution is -0.120. The number of carbonyl (C=O) groups is 1. The number of piperazine rings is 1. The minimum Gasteiger partial charge on any atom is -0.346 e. The molecule has 1 aliphatic heterocycles. The minimum atomic E-state index is -0.238. The molecule has 3 rings (SSSR count). The molecule has 1 aromatic carbocycles. The second-order valence-electron chi connectivity index (χ2n) is 5.60. The Hall–Kier alpha value is -1.34. The van der Waals surface area contributed by atoms with Crippen molar-refractivity contribution in [3.63, 3.8) is 0 Å². The van der Waals surface area contributed by atoms with Gasteiger partial charge in [0.05, 0.1) is 21.8 Å². The highest BCUT2D eigenvalue weighted by Crippen LogP contribution is 2.29. The third-order valence-electron chi connectivity index (χ3n) is 4.14. The van der Waals surface area contributed by atoms with Crippen LogP contribution in [0.1, 0.15) is 6.92 Å². The zero-order valence-corrected chi connectivity index (χ0v) is 15.5. The van der Waals surface area contributed by atoms with Crippen LogP contribution in [0, 0.1) is 0 Å². The summed E-state index contributed by atoms with van der Waals surface area (Å²) in [5.74, 6) is -0.0816. The van der Waals surface area contributed by atoms with Crippen LogP contribution in [0.5, 0.6) is 0 Å². The first kappa shape index (κ1) is 17.5. The summed E-state index contributed by atoms with van der Waals surface area (Å²) in [6.07, 6.45) is 1.82. The molecule has 1 fully saturated rings. The Morgan fingerprint density at radius 1 is 1.29 bits per heavy atom. The number of halogens is 2. The van der Waals surface area contributed by atoms with Gasteiger partial charge in [0.2, 0.25) is 5.91 Å². The van der Waals surface area contributed by atoms with Gasteiger partial charge in [-0.1, -0.05) is 29.3 Å². The minimum absolute atomic E-state index is 0.0816. The average molecular weight is 385 g/mol. The van der Waals surface area contributed by atoms with Crippen molar-refractivity contribution in [2.75, 3.05) is 36.4 Å². The highest BCUT2D eigenvalue weighted by Gasteiger charge is 2.26. The van der Waals surface area contributed by atoms with E-state index in [1.54, 1.807) is 29.5 Å². The van der Waals surface area contributed by atoms with E-state index >= 15 is 0 Å². The topological polar surface area (TPSA) is 48.5 Å². The van der Waals surface area contributed by atoms with Crippen molar-refractivity contribution in [3.05, 3.63) is 39.8 Å². The second kappa shape index (κ2) is 7.70. The molecule has 2 heterocycles. The number of nitrogens with one attached hydrogen (secondary N) is 1. The number of rotatable bonds is 4. The van der Waals surface area contributed by atoms with E-state index in [0.29, 0.717) is 15.7 Å². The number of aromatic nitrogens is 1. The molecule has 2 aromatic rings. The summed E-state index contributed by atoms with van der Waals surface area (Å²) in [6, 6.07) is 4.97. The molecule has 1 aliphatic rings. The van der Waals surface area contributed by atoms with Gasteiger partial charge in [0, 0.05) is 37.8 Å². The standard InChI is InChI=1S/C16H18Cl2N4OS/c1-11(15(23)20-13-4-2-3-12(17)14(13)18)21-6-8-22(9-7-21)16-19-5-10-24-16/h2-5,10-11H,6-9H2,1H3,(H,20,23)/t11-/m0/s1. The van der Waals surface area contributed by atoms with E-state index in [9.17, 15) is 4.79 Å². The Morgan fingerprint density at radius 2 is 2.04 bits per heavy atom. The van der Waals surface area contributed by atoms with Crippen LogP contribution in [0.25, 0.3) is 0 Å².